The largest absolute Gasteiger partial charge is 0.383 e. The van der Waals surface area contributed by atoms with Gasteiger partial charge in [0, 0.05) is 20.2 Å². The Labute approximate surface area is 81.1 Å². The summed E-state index contributed by atoms with van der Waals surface area (Å²) in [5, 5.41) is 3.24. The third kappa shape index (κ3) is 9.53. The van der Waals surface area contributed by atoms with Gasteiger partial charge in [0.2, 0.25) is 0 Å². The summed E-state index contributed by atoms with van der Waals surface area (Å²) in [5.74, 6) is 0. The lowest BCUT2D eigenvalue weighted by atomic mass is 10.4. The minimum absolute atomic E-state index is 0.261. The Morgan fingerprint density at radius 1 is 1.46 bits per heavy atom. The first-order chi connectivity index (χ1) is 6.31. The molecule has 78 valence electrons. The topological polar surface area (TPSA) is 30.5 Å². The van der Waals surface area contributed by atoms with Gasteiger partial charge in [0.1, 0.15) is 0 Å². The second kappa shape index (κ2) is 9.71. The van der Waals surface area contributed by atoms with Crippen molar-refractivity contribution in [3.05, 3.63) is 12.7 Å². The van der Waals surface area contributed by atoms with Gasteiger partial charge in [0.15, 0.2) is 0 Å². The van der Waals surface area contributed by atoms with Crippen LogP contribution in [0.1, 0.15) is 13.3 Å². The van der Waals surface area contributed by atoms with Gasteiger partial charge >= 0.3 is 0 Å². The molecule has 0 saturated heterocycles. The average Bonchev–Trinajstić information content (AvgIpc) is 2.13. The van der Waals surface area contributed by atoms with Gasteiger partial charge in [-0.15, -0.1) is 6.58 Å². The van der Waals surface area contributed by atoms with Crippen molar-refractivity contribution in [3.8, 4) is 0 Å². The normalized spacial score (nSPS) is 12.8. The van der Waals surface area contributed by atoms with Crippen LogP contribution in [0.25, 0.3) is 0 Å². The van der Waals surface area contributed by atoms with Gasteiger partial charge in [-0.3, -0.25) is 0 Å². The van der Waals surface area contributed by atoms with Crippen molar-refractivity contribution in [2.75, 3.05) is 33.4 Å². The van der Waals surface area contributed by atoms with Crippen molar-refractivity contribution in [1.29, 1.82) is 0 Å². The molecule has 0 saturated carbocycles. The number of methoxy groups -OCH3 is 1. The van der Waals surface area contributed by atoms with E-state index in [0.717, 1.165) is 32.7 Å². The number of ether oxygens (including phenoxy) is 2. The lowest BCUT2D eigenvalue weighted by Crippen LogP contribution is -2.29. The van der Waals surface area contributed by atoms with E-state index in [1.807, 2.05) is 6.08 Å². The highest BCUT2D eigenvalue weighted by Crippen LogP contribution is 1.91. The van der Waals surface area contributed by atoms with E-state index >= 15 is 0 Å². The van der Waals surface area contributed by atoms with Gasteiger partial charge in [0.25, 0.3) is 0 Å². The van der Waals surface area contributed by atoms with Crippen molar-refractivity contribution in [1.82, 2.24) is 5.32 Å². The van der Waals surface area contributed by atoms with E-state index in [9.17, 15) is 0 Å². The molecule has 0 heterocycles. The highest BCUT2D eigenvalue weighted by molar-refractivity contribution is 4.65. The van der Waals surface area contributed by atoms with E-state index in [2.05, 4.69) is 18.8 Å². The van der Waals surface area contributed by atoms with Gasteiger partial charge in [-0.1, -0.05) is 6.08 Å². The van der Waals surface area contributed by atoms with Crippen molar-refractivity contribution < 1.29 is 9.47 Å². The van der Waals surface area contributed by atoms with Crippen LogP contribution in [0.4, 0.5) is 0 Å². The molecule has 0 aromatic rings. The Balaban J connectivity index is 3.09. The summed E-state index contributed by atoms with van der Waals surface area (Å²) in [7, 11) is 1.70. The number of nitrogens with one attached hydrogen (secondary N) is 1. The molecule has 0 aliphatic carbocycles. The highest BCUT2D eigenvalue weighted by atomic mass is 16.5. The fraction of sp³-hybridized carbons (Fsp3) is 0.800. The fourth-order valence-electron chi connectivity index (χ4n) is 0.891. The van der Waals surface area contributed by atoms with Crippen LogP contribution in [-0.4, -0.2) is 39.5 Å². The molecule has 0 rings (SSSR count). The molecule has 1 atom stereocenters. The molecule has 0 aromatic heterocycles. The Bertz CT molecular complexity index is 117. The summed E-state index contributed by atoms with van der Waals surface area (Å²) in [4.78, 5) is 0. The summed E-state index contributed by atoms with van der Waals surface area (Å²) in [5.41, 5.74) is 0. The SMILES string of the molecule is C=CCCOC(C)CNCCOC. The van der Waals surface area contributed by atoms with Crippen LogP contribution in [0, 0.1) is 0 Å². The van der Waals surface area contributed by atoms with Crippen LogP contribution in [0.15, 0.2) is 12.7 Å². The number of rotatable bonds is 9. The first kappa shape index (κ1) is 12.6. The predicted molar refractivity (Wildman–Crippen MR) is 55.0 cm³/mol. The van der Waals surface area contributed by atoms with Gasteiger partial charge in [0.05, 0.1) is 19.3 Å². The molecule has 3 nitrogen and oxygen atoms in total. The molecule has 1 unspecified atom stereocenters. The Hall–Kier alpha value is -0.380. The van der Waals surface area contributed by atoms with E-state index < -0.39 is 0 Å². The summed E-state index contributed by atoms with van der Waals surface area (Å²) in [6, 6.07) is 0. The van der Waals surface area contributed by atoms with Crippen LogP contribution in [-0.2, 0) is 9.47 Å². The van der Waals surface area contributed by atoms with E-state index in [1.165, 1.54) is 0 Å². The maximum absolute atomic E-state index is 5.49. The van der Waals surface area contributed by atoms with Crippen molar-refractivity contribution in [3.63, 3.8) is 0 Å². The lowest BCUT2D eigenvalue weighted by molar-refractivity contribution is 0.0679. The summed E-state index contributed by atoms with van der Waals surface area (Å²) < 4.78 is 10.4. The Morgan fingerprint density at radius 3 is 2.85 bits per heavy atom. The third-order valence-corrected chi connectivity index (χ3v) is 1.64. The molecule has 0 aromatic carbocycles. The molecule has 0 amide bonds. The van der Waals surface area contributed by atoms with Crippen LogP contribution < -0.4 is 5.32 Å². The third-order valence-electron chi connectivity index (χ3n) is 1.64. The van der Waals surface area contributed by atoms with Gasteiger partial charge in [-0.25, -0.2) is 0 Å². The molecule has 1 N–H and O–H groups in total. The highest BCUT2D eigenvalue weighted by Gasteiger charge is 1.99. The van der Waals surface area contributed by atoms with E-state index in [4.69, 9.17) is 9.47 Å². The molecular formula is C10H21NO2. The van der Waals surface area contributed by atoms with E-state index in [-0.39, 0.29) is 6.10 Å². The Morgan fingerprint density at radius 2 is 2.23 bits per heavy atom. The van der Waals surface area contributed by atoms with Crippen LogP contribution in [0.3, 0.4) is 0 Å². The molecule has 13 heavy (non-hydrogen) atoms. The van der Waals surface area contributed by atoms with Crippen LogP contribution in [0.5, 0.6) is 0 Å². The molecule has 0 spiro atoms. The molecule has 0 aliphatic rings. The maximum atomic E-state index is 5.49. The van der Waals surface area contributed by atoms with E-state index in [0.29, 0.717) is 0 Å². The first-order valence-corrected chi connectivity index (χ1v) is 4.73. The molecule has 3 heteroatoms. The molecule has 0 fully saturated rings. The minimum Gasteiger partial charge on any atom is -0.383 e. The van der Waals surface area contributed by atoms with Crippen molar-refractivity contribution >= 4 is 0 Å². The quantitative estimate of drug-likeness (QED) is 0.434. The van der Waals surface area contributed by atoms with Gasteiger partial charge in [-0.2, -0.15) is 0 Å². The summed E-state index contributed by atoms with van der Waals surface area (Å²) in [6.45, 7) is 8.96. The molecular weight excluding hydrogens is 166 g/mol. The summed E-state index contributed by atoms with van der Waals surface area (Å²) in [6.07, 6.45) is 3.05. The average molecular weight is 187 g/mol. The standard InChI is InChI=1S/C10H21NO2/c1-4-5-7-13-10(2)9-11-6-8-12-3/h4,10-11H,1,5-9H2,2-3H3. The zero-order valence-corrected chi connectivity index (χ0v) is 8.71. The minimum atomic E-state index is 0.261. The zero-order chi connectivity index (χ0) is 9.94. The fourth-order valence-corrected chi connectivity index (χ4v) is 0.891. The summed E-state index contributed by atoms with van der Waals surface area (Å²) >= 11 is 0. The number of hydrogen-bond donors (Lipinski definition) is 1. The van der Waals surface area contributed by atoms with Gasteiger partial charge in [-0.05, 0) is 13.3 Å². The lowest BCUT2D eigenvalue weighted by Gasteiger charge is -2.12. The van der Waals surface area contributed by atoms with E-state index in [1.54, 1.807) is 7.11 Å². The van der Waals surface area contributed by atoms with Gasteiger partial charge < -0.3 is 14.8 Å². The smallest absolute Gasteiger partial charge is 0.0671 e. The molecule has 0 radical (unpaired) electrons. The zero-order valence-electron chi connectivity index (χ0n) is 8.71. The molecule has 0 bridgehead atoms. The second-order valence-electron chi connectivity index (χ2n) is 2.96. The Kier molecular flexibility index (Phi) is 9.42. The van der Waals surface area contributed by atoms with Crippen molar-refractivity contribution in [2.45, 2.75) is 19.4 Å². The van der Waals surface area contributed by atoms with Crippen LogP contribution in [0.2, 0.25) is 0 Å². The van der Waals surface area contributed by atoms with Crippen LogP contribution >= 0.6 is 0 Å². The molecule has 0 aliphatic heterocycles. The second-order valence-corrected chi connectivity index (χ2v) is 2.96. The monoisotopic (exact) mass is 187 g/mol. The number of hydrogen-bond acceptors (Lipinski definition) is 3. The first-order valence-electron chi connectivity index (χ1n) is 4.73. The van der Waals surface area contributed by atoms with Crippen molar-refractivity contribution in [2.24, 2.45) is 0 Å². The predicted octanol–water partition coefficient (Wildman–Crippen LogP) is 1.20. The maximum Gasteiger partial charge on any atom is 0.0671 e.